The van der Waals surface area contributed by atoms with Crippen LogP contribution in [0.2, 0.25) is 0 Å². The van der Waals surface area contributed by atoms with E-state index in [0.717, 1.165) is 25.2 Å². The van der Waals surface area contributed by atoms with Crippen LogP contribution in [0.4, 0.5) is 0 Å². The van der Waals surface area contributed by atoms with Gasteiger partial charge in [0.1, 0.15) is 0 Å². The quantitative estimate of drug-likeness (QED) is 0.811. The van der Waals surface area contributed by atoms with Crippen molar-refractivity contribution in [2.45, 2.75) is 82.6 Å². The first kappa shape index (κ1) is 14.3. The van der Waals surface area contributed by atoms with E-state index in [-0.39, 0.29) is 6.10 Å². The van der Waals surface area contributed by atoms with Gasteiger partial charge in [-0.3, -0.25) is 0 Å². The van der Waals surface area contributed by atoms with Crippen molar-refractivity contribution in [3.05, 3.63) is 0 Å². The highest BCUT2D eigenvalue weighted by molar-refractivity contribution is 4.85. The fourth-order valence-electron chi connectivity index (χ4n) is 3.53. The molecule has 0 spiro atoms. The molecule has 1 heterocycles. The minimum Gasteiger partial charge on any atom is -0.392 e. The Balaban J connectivity index is 1.68. The van der Waals surface area contributed by atoms with Gasteiger partial charge in [0, 0.05) is 19.2 Å². The van der Waals surface area contributed by atoms with Crippen molar-refractivity contribution in [3.8, 4) is 0 Å². The number of ether oxygens (including phenoxy) is 1. The smallest absolute Gasteiger partial charge is 0.0693 e. The number of hydrogen-bond donors (Lipinski definition) is 2. The molecule has 1 aliphatic heterocycles. The van der Waals surface area contributed by atoms with E-state index in [1.165, 1.54) is 32.1 Å². The van der Waals surface area contributed by atoms with Crippen molar-refractivity contribution in [1.29, 1.82) is 0 Å². The molecule has 1 saturated heterocycles. The molecule has 0 aromatic rings. The maximum absolute atomic E-state index is 10.0. The Kier molecular flexibility index (Phi) is 5.46. The van der Waals surface area contributed by atoms with Crippen molar-refractivity contribution < 1.29 is 9.84 Å². The van der Waals surface area contributed by atoms with Crippen LogP contribution >= 0.6 is 0 Å². The van der Waals surface area contributed by atoms with Crippen LogP contribution in [0.15, 0.2) is 0 Å². The van der Waals surface area contributed by atoms with Gasteiger partial charge in [-0.05, 0) is 64.2 Å². The number of rotatable bonds is 4. The van der Waals surface area contributed by atoms with E-state index in [1.54, 1.807) is 0 Å². The molecule has 1 aliphatic carbocycles. The van der Waals surface area contributed by atoms with Gasteiger partial charge in [0.05, 0.1) is 12.2 Å². The van der Waals surface area contributed by atoms with Gasteiger partial charge in [-0.25, -0.2) is 0 Å². The predicted molar refractivity (Wildman–Crippen MR) is 73.6 cm³/mol. The largest absolute Gasteiger partial charge is 0.392 e. The van der Waals surface area contributed by atoms with Crippen LogP contribution in [0.1, 0.15) is 58.3 Å². The molecule has 2 aliphatic rings. The zero-order valence-electron chi connectivity index (χ0n) is 11.9. The molecule has 2 N–H and O–H groups in total. The third-order valence-corrected chi connectivity index (χ3v) is 4.87. The lowest BCUT2D eigenvalue weighted by Crippen LogP contribution is -2.49. The van der Waals surface area contributed by atoms with E-state index >= 15 is 0 Å². The lowest BCUT2D eigenvalue weighted by molar-refractivity contribution is 0.0488. The molecular formula is C15H29NO2. The molecule has 18 heavy (non-hydrogen) atoms. The first-order valence-corrected chi connectivity index (χ1v) is 7.66. The summed E-state index contributed by atoms with van der Waals surface area (Å²) in [4.78, 5) is 0. The first-order chi connectivity index (χ1) is 8.69. The van der Waals surface area contributed by atoms with Gasteiger partial charge >= 0.3 is 0 Å². The van der Waals surface area contributed by atoms with E-state index in [9.17, 15) is 5.11 Å². The Labute approximate surface area is 111 Å². The molecule has 3 unspecified atom stereocenters. The highest BCUT2D eigenvalue weighted by Gasteiger charge is 2.28. The van der Waals surface area contributed by atoms with Gasteiger partial charge in [0.25, 0.3) is 0 Å². The second-order valence-corrected chi connectivity index (χ2v) is 6.27. The maximum atomic E-state index is 10.0. The lowest BCUT2D eigenvalue weighted by atomic mass is 9.82. The highest BCUT2D eigenvalue weighted by Crippen LogP contribution is 2.30. The minimum absolute atomic E-state index is 0.128. The molecule has 3 heteroatoms. The summed E-state index contributed by atoms with van der Waals surface area (Å²) in [5.74, 6) is 0.850. The summed E-state index contributed by atoms with van der Waals surface area (Å²) in [6.45, 7) is 2.22. The normalized spacial score (nSPS) is 41.8. The summed E-state index contributed by atoms with van der Waals surface area (Å²) in [7, 11) is 1.83. The molecular weight excluding hydrogens is 226 g/mol. The molecule has 106 valence electrons. The molecule has 1 saturated carbocycles. The molecule has 0 radical (unpaired) electrons. The molecule has 3 atom stereocenters. The Morgan fingerprint density at radius 2 is 1.78 bits per heavy atom. The molecule has 2 rings (SSSR count). The van der Waals surface area contributed by atoms with Crippen LogP contribution in [0.25, 0.3) is 0 Å². The van der Waals surface area contributed by atoms with Crippen molar-refractivity contribution in [2.24, 2.45) is 5.92 Å². The van der Waals surface area contributed by atoms with Crippen molar-refractivity contribution in [1.82, 2.24) is 5.32 Å². The maximum Gasteiger partial charge on any atom is 0.0693 e. The fraction of sp³-hybridized carbons (Fsp3) is 1.00. The monoisotopic (exact) mass is 255 g/mol. The Morgan fingerprint density at radius 1 is 1.06 bits per heavy atom. The summed E-state index contributed by atoms with van der Waals surface area (Å²) in [6, 6.07) is 0.900. The molecule has 0 amide bonds. The van der Waals surface area contributed by atoms with Gasteiger partial charge < -0.3 is 15.2 Å². The molecule has 2 fully saturated rings. The number of methoxy groups -OCH3 is 1. The standard InChI is InChI=1S/C15H29NO2/c1-11-3-10-15(17)14(16-11)9-6-12-4-7-13(18-2)8-5-12/h11-17H,3-10H2,1-2H3. The third-order valence-electron chi connectivity index (χ3n) is 4.87. The van der Waals surface area contributed by atoms with Gasteiger partial charge in [0.2, 0.25) is 0 Å². The summed E-state index contributed by atoms with van der Waals surface area (Å²) < 4.78 is 5.41. The van der Waals surface area contributed by atoms with E-state index in [1.807, 2.05) is 7.11 Å². The van der Waals surface area contributed by atoms with E-state index < -0.39 is 0 Å². The second kappa shape index (κ2) is 6.88. The first-order valence-electron chi connectivity index (χ1n) is 7.66. The van der Waals surface area contributed by atoms with Gasteiger partial charge in [-0.1, -0.05) is 0 Å². The Morgan fingerprint density at radius 3 is 2.44 bits per heavy atom. The van der Waals surface area contributed by atoms with E-state index in [0.29, 0.717) is 18.2 Å². The zero-order chi connectivity index (χ0) is 13.0. The molecule has 3 nitrogen and oxygen atoms in total. The highest BCUT2D eigenvalue weighted by atomic mass is 16.5. The molecule has 0 bridgehead atoms. The van der Waals surface area contributed by atoms with Crippen LogP contribution in [0.5, 0.6) is 0 Å². The summed E-state index contributed by atoms with van der Waals surface area (Å²) in [6.07, 6.45) is 9.89. The van der Waals surface area contributed by atoms with Gasteiger partial charge in [-0.15, -0.1) is 0 Å². The average Bonchev–Trinajstić information content (AvgIpc) is 2.40. The topological polar surface area (TPSA) is 41.5 Å². The fourth-order valence-corrected chi connectivity index (χ4v) is 3.53. The van der Waals surface area contributed by atoms with Crippen LogP contribution in [-0.4, -0.2) is 36.5 Å². The Hall–Kier alpha value is -0.120. The third kappa shape index (κ3) is 3.94. The minimum atomic E-state index is -0.128. The van der Waals surface area contributed by atoms with E-state index in [4.69, 9.17) is 4.74 Å². The van der Waals surface area contributed by atoms with Crippen LogP contribution in [0.3, 0.4) is 0 Å². The van der Waals surface area contributed by atoms with Crippen LogP contribution in [0, 0.1) is 5.92 Å². The number of aliphatic hydroxyl groups excluding tert-OH is 1. The van der Waals surface area contributed by atoms with Crippen LogP contribution < -0.4 is 5.32 Å². The lowest BCUT2D eigenvalue weighted by Gasteiger charge is -2.35. The number of piperidine rings is 1. The SMILES string of the molecule is COC1CCC(CCC2NC(C)CCC2O)CC1. The average molecular weight is 255 g/mol. The van der Waals surface area contributed by atoms with E-state index in [2.05, 4.69) is 12.2 Å². The Bertz CT molecular complexity index is 239. The zero-order valence-corrected chi connectivity index (χ0v) is 11.9. The number of nitrogens with one attached hydrogen (secondary N) is 1. The number of aliphatic hydroxyl groups is 1. The summed E-state index contributed by atoms with van der Waals surface area (Å²) >= 11 is 0. The van der Waals surface area contributed by atoms with Gasteiger partial charge in [-0.2, -0.15) is 0 Å². The molecule has 0 aromatic carbocycles. The van der Waals surface area contributed by atoms with Crippen LogP contribution in [-0.2, 0) is 4.74 Å². The van der Waals surface area contributed by atoms with Crippen molar-refractivity contribution >= 4 is 0 Å². The van der Waals surface area contributed by atoms with Gasteiger partial charge in [0.15, 0.2) is 0 Å². The van der Waals surface area contributed by atoms with Crippen molar-refractivity contribution in [3.63, 3.8) is 0 Å². The predicted octanol–water partition coefficient (Wildman–Crippen LogP) is 2.47. The summed E-state index contributed by atoms with van der Waals surface area (Å²) in [5, 5.41) is 13.6. The molecule has 0 aromatic heterocycles. The summed E-state index contributed by atoms with van der Waals surface area (Å²) in [5.41, 5.74) is 0. The second-order valence-electron chi connectivity index (χ2n) is 6.27. The number of hydrogen-bond acceptors (Lipinski definition) is 3. The van der Waals surface area contributed by atoms with Crippen molar-refractivity contribution in [2.75, 3.05) is 7.11 Å².